The molecule has 0 aliphatic carbocycles. The van der Waals surface area contributed by atoms with Gasteiger partial charge in [0.1, 0.15) is 0 Å². The zero-order chi connectivity index (χ0) is 21.6. The lowest BCUT2D eigenvalue weighted by atomic mass is 10.0. The number of nitrogens with one attached hydrogen (secondary N) is 2. The van der Waals surface area contributed by atoms with Crippen molar-refractivity contribution >= 4 is 33.2 Å². The molecule has 3 aromatic carbocycles. The van der Waals surface area contributed by atoms with Crippen LogP contribution in [0.3, 0.4) is 0 Å². The third kappa shape index (κ3) is 5.17. The molecule has 1 heterocycles. The summed E-state index contributed by atoms with van der Waals surface area (Å²) in [4.78, 5) is 25.3. The maximum absolute atomic E-state index is 12.3. The van der Waals surface area contributed by atoms with Gasteiger partial charge in [0, 0.05) is 23.4 Å². The molecule has 0 aliphatic rings. The molecule has 31 heavy (non-hydrogen) atoms. The monoisotopic (exact) mass is 430 g/mol. The van der Waals surface area contributed by atoms with E-state index in [1.165, 1.54) is 11.3 Å². The van der Waals surface area contributed by atoms with Gasteiger partial charge in [-0.3, -0.25) is 9.59 Å². The van der Waals surface area contributed by atoms with Crippen LogP contribution >= 0.6 is 11.3 Å². The van der Waals surface area contributed by atoms with Crippen LogP contribution in [0.15, 0.2) is 84.9 Å². The largest absolute Gasteiger partial charge is 0.389 e. The third-order valence-corrected chi connectivity index (χ3v) is 6.01. The summed E-state index contributed by atoms with van der Waals surface area (Å²) >= 11 is 1.41. The SMILES string of the molecule is O=C(NCC(O)CNC(=O)c1cc2ccccc2s1)c1ccc(-c2ccccc2)cc1. The Morgan fingerprint density at radius 3 is 2.10 bits per heavy atom. The van der Waals surface area contributed by atoms with Gasteiger partial charge < -0.3 is 15.7 Å². The van der Waals surface area contributed by atoms with Gasteiger partial charge in [-0.05, 0) is 40.8 Å². The van der Waals surface area contributed by atoms with E-state index in [1.54, 1.807) is 12.1 Å². The minimum absolute atomic E-state index is 0.0476. The van der Waals surface area contributed by atoms with Crippen LogP contribution in [-0.4, -0.2) is 36.1 Å². The van der Waals surface area contributed by atoms with Crippen LogP contribution in [0.25, 0.3) is 21.2 Å². The van der Waals surface area contributed by atoms with Crippen LogP contribution in [0.1, 0.15) is 20.0 Å². The second-order valence-corrected chi connectivity index (χ2v) is 8.25. The van der Waals surface area contributed by atoms with Gasteiger partial charge in [0.2, 0.25) is 0 Å². The van der Waals surface area contributed by atoms with Crippen LogP contribution in [0.4, 0.5) is 0 Å². The number of hydrogen-bond acceptors (Lipinski definition) is 4. The van der Waals surface area contributed by atoms with Gasteiger partial charge in [-0.2, -0.15) is 0 Å². The fraction of sp³-hybridized carbons (Fsp3) is 0.120. The van der Waals surface area contributed by atoms with Crippen molar-refractivity contribution in [3.63, 3.8) is 0 Å². The Balaban J connectivity index is 1.26. The lowest BCUT2D eigenvalue weighted by Crippen LogP contribution is -2.39. The van der Waals surface area contributed by atoms with Crippen LogP contribution in [0.2, 0.25) is 0 Å². The summed E-state index contributed by atoms with van der Waals surface area (Å²) in [6.07, 6.45) is -0.883. The summed E-state index contributed by atoms with van der Waals surface area (Å²) < 4.78 is 1.04. The van der Waals surface area contributed by atoms with Crippen molar-refractivity contribution in [3.8, 4) is 11.1 Å². The number of carbonyl (C=O) groups excluding carboxylic acids is 2. The van der Waals surface area contributed by atoms with Crippen molar-refractivity contribution in [2.75, 3.05) is 13.1 Å². The van der Waals surface area contributed by atoms with Crippen molar-refractivity contribution in [1.29, 1.82) is 0 Å². The van der Waals surface area contributed by atoms with E-state index in [0.717, 1.165) is 21.2 Å². The average molecular weight is 431 g/mol. The molecule has 1 atom stereocenters. The van der Waals surface area contributed by atoms with Crippen LogP contribution in [0, 0.1) is 0 Å². The van der Waals surface area contributed by atoms with Gasteiger partial charge in [0.15, 0.2) is 0 Å². The molecular weight excluding hydrogens is 408 g/mol. The first-order valence-electron chi connectivity index (χ1n) is 9.99. The molecule has 0 fully saturated rings. The number of amides is 2. The molecule has 1 unspecified atom stereocenters. The molecule has 1 aromatic heterocycles. The first-order chi connectivity index (χ1) is 15.1. The Morgan fingerprint density at radius 1 is 0.774 bits per heavy atom. The lowest BCUT2D eigenvalue weighted by Gasteiger charge is -2.13. The fourth-order valence-corrected chi connectivity index (χ4v) is 4.20. The minimum atomic E-state index is -0.883. The van der Waals surface area contributed by atoms with Crippen molar-refractivity contribution in [3.05, 3.63) is 95.4 Å². The molecule has 0 saturated carbocycles. The molecule has 4 aromatic rings. The standard InChI is InChI=1S/C25H22N2O3S/c28-21(16-27-25(30)23-14-20-8-4-5-9-22(20)31-23)15-26-24(29)19-12-10-18(11-13-19)17-6-2-1-3-7-17/h1-14,21,28H,15-16H2,(H,26,29)(H,27,30). The number of benzene rings is 3. The smallest absolute Gasteiger partial charge is 0.261 e. The second kappa shape index (κ2) is 9.55. The van der Waals surface area contributed by atoms with E-state index < -0.39 is 6.10 Å². The zero-order valence-corrected chi connectivity index (χ0v) is 17.6. The molecule has 156 valence electrons. The molecule has 6 heteroatoms. The Labute approximate surface area is 184 Å². The zero-order valence-electron chi connectivity index (χ0n) is 16.7. The first-order valence-corrected chi connectivity index (χ1v) is 10.8. The number of carbonyl (C=O) groups is 2. The molecular formula is C25H22N2O3S. The predicted octanol–water partition coefficient (Wildman–Crippen LogP) is 4.09. The predicted molar refractivity (Wildman–Crippen MR) is 124 cm³/mol. The topological polar surface area (TPSA) is 78.4 Å². The number of rotatable bonds is 7. The summed E-state index contributed by atoms with van der Waals surface area (Å²) in [7, 11) is 0. The number of aliphatic hydroxyl groups excluding tert-OH is 1. The molecule has 4 rings (SSSR count). The van der Waals surface area contributed by atoms with Crippen molar-refractivity contribution in [2.24, 2.45) is 0 Å². The quantitative estimate of drug-likeness (QED) is 0.413. The summed E-state index contributed by atoms with van der Waals surface area (Å²) in [6, 6.07) is 26.8. The summed E-state index contributed by atoms with van der Waals surface area (Å²) in [5.41, 5.74) is 2.63. The second-order valence-electron chi connectivity index (χ2n) is 7.17. The van der Waals surface area contributed by atoms with E-state index in [2.05, 4.69) is 10.6 Å². The van der Waals surface area contributed by atoms with Gasteiger partial charge >= 0.3 is 0 Å². The molecule has 0 bridgehead atoms. The Hall–Kier alpha value is -3.48. The van der Waals surface area contributed by atoms with Gasteiger partial charge in [-0.1, -0.05) is 60.7 Å². The van der Waals surface area contributed by atoms with Gasteiger partial charge in [0.25, 0.3) is 11.8 Å². The first kappa shape index (κ1) is 20.8. The van der Waals surface area contributed by atoms with Crippen LogP contribution < -0.4 is 10.6 Å². The van der Waals surface area contributed by atoms with Gasteiger partial charge in [-0.15, -0.1) is 11.3 Å². The van der Waals surface area contributed by atoms with Crippen LogP contribution in [-0.2, 0) is 0 Å². The summed E-state index contributed by atoms with van der Waals surface area (Å²) in [5.74, 6) is -0.502. The summed E-state index contributed by atoms with van der Waals surface area (Å²) in [5, 5.41) is 16.6. The van der Waals surface area contributed by atoms with Gasteiger partial charge in [-0.25, -0.2) is 0 Å². The molecule has 0 aliphatic heterocycles. The Bertz CT molecular complexity index is 1150. The molecule has 3 N–H and O–H groups in total. The number of fused-ring (bicyclic) bond motifs is 1. The van der Waals surface area contributed by atoms with Crippen molar-refractivity contribution in [2.45, 2.75) is 6.10 Å². The van der Waals surface area contributed by atoms with E-state index in [4.69, 9.17) is 0 Å². The molecule has 0 saturated heterocycles. The number of hydrogen-bond donors (Lipinski definition) is 3. The maximum Gasteiger partial charge on any atom is 0.261 e. The summed E-state index contributed by atoms with van der Waals surface area (Å²) in [6.45, 7) is 0.103. The maximum atomic E-state index is 12.3. The molecule has 5 nitrogen and oxygen atoms in total. The normalized spacial score (nSPS) is 11.8. The van der Waals surface area contributed by atoms with E-state index in [0.29, 0.717) is 10.4 Å². The highest BCUT2D eigenvalue weighted by atomic mass is 32.1. The average Bonchev–Trinajstić information content (AvgIpc) is 3.26. The third-order valence-electron chi connectivity index (χ3n) is 4.90. The molecule has 2 amide bonds. The van der Waals surface area contributed by atoms with Crippen molar-refractivity contribution < 1.29 is 14.7 Å². The number of thiophene rings is 1. The Kier molecular flexibility index (Phi) is 6.40. The van der Waals surface area contributed by atoms with E-state index in [1.807, 2.05) is 72.8 Å². The van der Waals surface area contributed by atoms with Crippen LogP contribution in [0.5, 0.6) is 0 Å². The highest BCUT2D eigenvalue weighted by molar-refractivity contribution is 7.20. The van der Waals surface area contributed by atoms with E-state index >= 15 is 0 Å². The van der Waals surface area contributed by atoms with Crippen molar-refractivity contribution in [1.82, 2.24) is 10.6 Å². The Morgan fingerprint density at radius 2 is 1.39 bits per heavy atom. The highest BCUT2D eigenvalue weighted by Crippen LogP contribution is 2.25. The van der Waals surface area contributed by atoms with Gasteiger partial charge in [0.05, 0.1) is 11.0 Å². The molecule has 0 spiro atoms. The highest BCUT2D eigenvalue weighted by Gasteiger charge is 2.13. The minimum Gasteiger partial charge on any atom is -0.389 e. The lowest BCUT2D eigenvalue weighted by molar-refractivity contribution is 0.0887. The molecule has 0 radical (unpaired) electrons. The number of aliphatic hydroxyl groups is 1. The fourth-order valence-electron chi connectivity index (χ4n) is 3.22. The van der Waals surface area contributed by atoms with E-state index in [-0.39, 0.29) is 24.9 Å². The van der Waals surface area contributed by atoms with E-state index in [9.17, 15) is 14.7 Å².